The first kappa shape index (κ1) is 21.9. The van der Waals surface area contributed by atoms with Gasteiger partial charge in [-0.1, -0.05) is 41.6 Å². The number of halogens is 1. The molecule has 0 radical (unpaired) electrons. The fraction of sp³-hybridized carbons (Fsp3) is 0.227. The van der Waals surface area contributed by atoms with Crippen molar-refractivity contribution in [2.45, 2.75) is 32.2 Å². The van der Waals surface area contributed by atoms with E-state index in [0.29, 0.717) is 28.2 Å². The maximum absolute atomic E-state index is 12.3. The number of hydrogen-bond acceptors (Lipinski definition) is 5. The second kappa shape index (κ2) is 10.3. The van der Waals surface area contributed by atoms with Crippen molar-refractivity contribution in [1.82, 2.24) is 14.8 Å². The maximum atomic E-state index is 12.3. The van der Waals surface area contributed by atoms with Crippen molar-refractivity contribution in [3.05, 3.63) is 77.1 Å². The molecule has 1 heterocycles. The number of aryl methyl sites for hydroxylation is 1. The van der Waals surface area contributed by atoms with E-state index >= 15 is 0 Å². The van der Waals surface area contributed by atoms with E-state index in [0.717, 1.165) is 11.3 Å². The van der Waals surface area contributed by atoms with Gasteiger partial charge in [-0.25, -0.2) is 0 Å². The minimum absolute atomic E-state index is 0.135. The van der Waals surface area contributed by atoms with Gasteiger partial charge in [-0.15, -0.1) is 16.8 Å². The third-order valence-electron chi connectivity index (χ3n) is 4.48. The van der Waals surface area contributed by atoms with Gasteiger partial charge in [0.05, 0.1) is 5.75 Å². The van der Waals surface area contributed by atoms with Crippen LogP contribution >= 0.6 is 23.4 Å². The second-order valence-corrected chi connectivity index (χ2v) is 8.01. The Morgan fingerprint density at radius 3 is 2.73 bits per heavy atom. The molecule has 0 saturated heterocycles. The lowest BCUT2D eigenvalue weighted by atomic mass is 10.1. The van der Waals surface area contributed by atoms with Crippen molar-refractivity contribution in [3.8, 4) is 5.75 Å². The van der Waals surface area contributed by atoms with Gasteiger partial charge in [-0.2, -0.15) is 0 Å². The van der Waals surface area contributed by atoms with Crippen LogP contribution in [0.5, 0.6) is 5.75 Å². The van der Waals surface area contributed by atoms with Crippen LogP contribution in [0.3, 0.4) is 0 Å². The summed E-state index contributed by atoms with van der Waals surface area (Å²) in [6, 6.07) is 12.9. The summed E-state index contributed by atoms with van der Waals surface area (Å²) < 4.78 is 7.86. The number of rotatable bonds is 9. The molecule has 30 heavy (non-hydrogen) atoms. The van der Waals surface area contributed by atoms with Crippen LogP contribution in [0.15, 0.2) is 60.3 Å². The number of thioether (sulfide) groups is 1. The average Bonchev–Trinajstić information content (AvgIpc) is 3.11. The predicted molar refractivity (Wildman–Crippen MR) is 121 cm³/mol. The highest BCUT2D eigenvalue weighted by Crippen LogP contribution is 2.23. The van der Waals surface area contributed by atoms with Crippen LogP contribution in [0, 0.1) is 13.8 Å². The molecule has 0 fully saturated rings. The molecular weight excluding hydrogens is 420 g/mol. The molecule has 0 aliphatic rings. The Hall–Kier alpha value is -2.77. The van der Waals surface area contributed by atoms with E-state index in [-0.39, 0.29) is 18.3 Å². The molecule has 0 unspecified atom stereocenters. The summed E-state index contributed by atoms with van der Waals surface area (Å²) in [5.74, 6) is 1.57. The monoisotopic (exact) mass is 442 g/mol. The summed E-state index contributed by atoms with van der Waals surface area (Å²) in [6.07, 6.45) is 1.77. The Labute approximate surface area is 185 Å². The summed E-state index contributed by atoms with van der Waals surface area (Å²) >= 11 is 7.18. The largest absolute Gasteiger partial charge is 0.485 e. The SMILES string of the molecule is C=CCn1c(COc2cccc(C)c2C)nnc1SCC(=O)Nc1ccc(Cl)cc1. The number of allylic oxidation sites excluding steroid dienone is 1. The molecule has 6 nitrogen and oxygen atoms in total. The number of anilines is 1. The van der Waals surface area contributed by atoms with Crippen LogP contribution in [-0.4, -0.2) is 26.4 Å². The minimum atomic E-state index is -0.135. The van der Waals surface area contributed by atoms with Crippen LogP contribution in [-0.2, 0) is 17.9 Å². The zero-order valence-corrected chi connectivity index (χ0v) is 18.5. The fourth-order valence-electron chi connectivity index (χ4n) is 2.73. The number of benzene rings is 2. The zero-order valence-electron chi connectivity index (χ0n) is 16.9. The summed E-state index contributed by atoms with van der Waals surface area (Å²) in [5, 5.41) is 12.6. The zero-order chi connectivity index (χ0) is 21.5. The number of hydrogen-bond donors (Lipinski definition) is 1. The third-order valence-corrected chi connectivity index (χ3v) is 5.70. The van der Waals surface area contributed by atoms with Crippen LogP contribution < -0.4 is 10.1 Å². The molecule has 2 aromatic carbocycles. The number of carbonyl (C=O) groups is 1. The third kappa shape index (κ3) is 5.64. The van der Waals surface area contributed by atoms with Crippen molar-refractivity contribution < 1.29 is 9.53 Å². The topological polar surface area (TPSA) is 69.0 Å². The molecule has 0 aliphatic heterocycles. The number of aromatic nitrogens is 3. The van der Waals surface area contributed by atoms with Gasteiger partial charge in [0.1, 0.15) is 12.4 Å². The molecule has 0 aliphatic carbocycles. The van der Waals surface area contributed by atoms with Gasteiger partial charge in [0, 0.05) is 17.3 Å². The van der Waals surface area contributed by atoms with Gasteiger partial charge < -0.3 is 10.1 Å². The Balaban J connectivity index is 1.63. The first-order valence-electron chi connectivity index (χ1n) is 9.38. The van der Waals surface area contributed by atoms with E-state index in [1.165, 1.54) is 17.3 Å². The molecule has 3 aromatic rings. The van der Waals surface area contributed by atoms with Crippen molar-refractivity contribution in [3.63, 3.8) is 0 Å². The highest BCUT2D eigenvalue weighted by Gasteiger charge is 2.15. The predicted octanol–water partition coefficient (Wildman–Crippen LogP) is 5.04. The summed E-state index contributed by atoms with van der Waals surface area (Å²) in [6.45, 7) is 8.69. The summed E-state index contributed by atoms with van der Waals surface area (Å²) in [7, 11) is 0. The highest BCUT2D eigenvalue weighted by molar-refractivity contribution is 7.99. The molecule has 1 N–H and O–H groups in total. The minimum Gasteiger partial charge on any atom is -0.485 e. The molecular formula is C22H23ClN4O2S. The molecule has 0 bridgehead atoms. The Morgan fingerprint density at radius 2 is 2.00 bits per heavy atom. The number of amides is 1. The molecule has 0 atom stereocenters. The molecule has 3 rings (SSSR count). The highest BCUT2D eigenvalue weighted by atomic mass is 35.5. The lowest BCUT2D eigenvalue weighted by Gasteiger charge is -2.12. The number of nitrogens with zero attached hydrogens (tertiary/aromatic N) is 3. The standard InChI is InChI=1S/C22H23ClN4O2S/c1-4-12-27-20(13-29-19-7-5-6-15(2)16(19)3)25-26-22(27)30-14-21(28)24-18-10-8-17(23)9-11-18/h4-11H,1,12-14H2,2-3H3,(H,24,28). The van der Waals surface area contributed by atoms with E-state index in [1.54, 1.807) is 30.3 Å². The molecule has 0 spiro atoms. The van der Waals surface area contributed by atoms with Crippen LogP contribution in [0.2, 0.25) is 5.02 Å². The van der Waals surface area contributed by atoms with E-state index in [2.05, 4.69) is 22.1 Å². The van der Waals surface area contributed by atoms with Crippen LogP contribution in [0.4, 0.5) is 5.69 Å². The Morgan fingerprint density at radius 1 is 1.23 bits per heavy atom. The molecule has 0 saturated carbocycles. The summed E-state index contributed by atoms with van der Waals surface area (Å²) in [4.78, 5) is 12.3. The lowest BCUT2D eigenvalue weighted by Crippen LogP contribution is -2.15. The van der Waals surface area contributed by atoms with E-state index < -0.39 is 0 Å². The van der Waals surface area contributed by atoms with Crippen molar-refractivity contribution >= 4 is 35.0 Å². The first-order chi connectivity index (χ1) is 14.5. The van der Waals surface area contributed by atoms with Crippen molar-refractivity contribution in [1.29, 1.82) is 0 Å². The second-order valence-electron chi connectivity index (χ2n) is 6.63. The fourth-order valence-corrected chi connectivity index (χ4v) is 3.62. The molecule has 156 valence electrons. The van der Waals surface area contributed by atoms with Gasteiger partial charge >= 0.3 is 0 Å². The molecule has 8 heteroatoms. The average molecular weight is 443 g/mol. The Bertz CT molecular complexity index is 1030. The van der Waals surface area contributed by atoms with Crippen LogP contribution in [0.25, 0.3) is 0 Å². The van der Waals surface area contributed by atoms with Gasteiger partial charge in [0.25, 0.3) is 0 Å². The lowest BCUT2D eigenvalue weighted by molar-refractivity contribution is -0.113. The Kier molecular flexibility index (Phi) is 7.54. The number of carbonyl (C=O) groups excluding carboxylic acids is 1. The summed E-state index contributed by atoms with van der Waals surface area (Å²) in [5.41, 5.74) is 2.96. The molecule has 1 aromatic heterocycles. The van der Waals surface area contributed by atoms with Gasteiger partial charge in [0.15, 0.2) is 11.0 Å². The quantitative estimate of drug-likeness (QED) is 0.371. The maximum Gasteiger partial charge on any atom is 0.234 e. The normalized spacial score (nSPS) is 10.6. The smallest absolute Gasteiger partial charge is 0.234 e. The van der Waals surface area contributed by atoms with Crippen LogP contribution in [0.1, 0.15) is 17.0 Å². The van der Waals surface area contributed by atoms with Gasteiger partial charge in [-0.05, 0) is 55.3 Å². The van der Waals surface area contributed by atoms with Gasteiger partial charge in [-0.3, -0.25) is 9.36 Å². The van der Waals surface area contributed by atoms with E-state index in [4.69, 9.17) is 16.3 Å². The number of ether oxygens (including phenoxy) is 1. The van der Waals surface area contributed by atoms with Crippen molar-refractivity contribution in [2.24, 2.45) is 0 Å². The first-order valence-corrected chi connectivity index (χ1v) is 10.7. The van der Waals surface area contributed by atoms with E-state index in [9.17, 15) is 4.79 Å². The van der Waals surface area contributed by atoms with E-state index in [1.807, 2.05) is 36.6 Å². The van der Waals surface area contributed by atoms with Gasteiger partial charge in [0.2, 0.25) is 5.91 Å². The number of nitrogens with one attached hydrogen (secondary N) is 1. The molecule has 1 amide bonds. The van der Waals surface area contributed by atoms with Crippen molar-refractivity contribution in [2.75, 3.05) is 11.1 Å².